The van der Waals surface area contributed by atoms with E-state index < -0.39 is 11.5 Å². The number of nitrogens with zero attached hydrogens (tertiary/aromatic N) is 2. The fourth-order valence-electron chi connectivity index (χ4n) is 3.12. The van der Waals surface area contributed by atoms with E-state index in [0.29, 0.717) is 12.5 Å². The predicted molar refractivity (Wildman–Crippen MR) is 114 cm³/mol. The van der Waals surface area contributed by atoms with Crippen molar-refractivity contribution in [1.82, 2.24) is 10.3 Å². The van der Waals surface area contributed by atoms with Crippen molar-refractivity contribution in [3.05, 3.63) is 65.7 Å². The molecule has 3 rings (SSSR count). The third kappa shape index (κ3) is 4.21. The molecular formula is C21H23N4O2S. The highest BCUT2D eigenvalue weighted by molar-refractivity contribution is 8.03. The monoisotopic (exact) mass is 395 g/mol. The highest BCUT2D eigenvalue weighted by atomic mass is 32.2. The molecule has 2 amide bonds. The Hall–Kier alpha value is -2.77. The van der Waals surface area contributed by atoms with Gasteiger partial charge in [-0.25, -0.2) is 10.6 Å². The molecule has 3 N–H and O–H groups in total. The van der Waals surface area contributed by atoms with Crippen LogP contribution >= 0.6 is 11.8 Å². The molecule has 0 aromatic heterocycles. The van der Waals surface area contributed by atoms with Gasteiger partial charge in [-0.1, -0.05) is 68.1 Å². The van der Waals surface area contributed by atoms with E-state index in [0.717, 1.165) is 16.8 Å². The maximum atomic E-state index is 12.3. The van der Waals surface area contributed by atoms with Crippen LogP contribution in [0.2, 0.25) is 0 Å². The summed E-state index contributed by atoms with van der Waals surface area (Å²) in [4.78, 5) is 27.0. The van der Waals surface area contributed by atoms with E-state index in [2.05, 4.69) is 48.4 Å². The second-order valence-electron chi connectivity index (χ2n) is 6.85. The summed E-state index contributed by atoms with van der Waals surface area (Å²) in [7, 11) is 0. The van der Waals surface area contributed by atoms with Crippen molar-refractivity contribution in [2.24, 2.45) is 11.8 Å². The number of carbonyl (C=O) groups excluding carboxylic acids is 2. The Morgan fingerprint density at radius 3 is 2.39 bits per heavy atom. The maximum Gasteiger partial charge on any atom is 0.338 e. The number of anilines is 1. The molecule has 0 aliphatic carbocycles. The summed E-state index contributed by atoms with van der Waals surface area (Å²) >= 11 is 1.38. The van der Waals surface area contributed by atoms with Gasteiger partial charge < -0.3 is 4.90 Å². The van der Waals surface area contributed by atoms with Gasteiger partial charge in [0.15, 0.2) is 5.50 Å². The summed E-state index contributed by atoms with van der Waals surface area (Å²) in [6, 6.07) is 17.8. The second-order valence-corrected chi connectivity index (χ2v) is 7.78. The molecule has 0 saturated heterocycles. The number of nitrogens with two attached hydrogens (primary N) is 1. The van der Waals surface area contributed by atoms with Crippen molar-refractivity contribution in [1.29, 1.82) is 0 Å². The van der Waals surface area contributed by atoms with E-state index in [1.165, 1.54) is 16.7 Å². The molecule has 0 spiro atoms. The molecule has 145 valence electrons. The molecule has 2 aromatic carbocycles. The van der Waals surface area contributed by atoms with Gasteiger partial charge in [0.05, 0.1) is 0 Å². The number of nitrogens with one attached hydrogen (secondary N) is 1. The van der Waals surface area contributed by atoms with Crippen LogP contribution in [0.3, 0.4) is 0 Å². The van der Waals surface area contributed by atoms with E-state index in [-0.39, 0.29) is 5.70 Å². The number of benzene rings is 2. The summed E-state index contributed by atoms with van der Waals surface area (Å²) in [5.74, 6) is 5.68. The van der Waals surface area contributed by atoms with Gasteiger partial charge in [0.1, 0.15) is 5.70 Å². The van der Waals surface area contributed by atoms with Crippen molar-refractivity contribution >= 4 is 29.8 Å². The fourth-order valence-corrected chi connectivity index (χ4v) is 4.22. The van der Waals surface area contributed by atoms with E-state index in [9.17, 15) is 9.59 Å². The topological polar surface area (TPSA) is 78.7 Å². The van der Waals surface area contributed by atoms with Gasteiger partial charge in [-0.2, -0.15) is 0 Å². The normalized spacial score (nSPS) is 16.1. The molecule has 1 atom stereocenters. The molecule has 7 heteroatoms. The molecule has 1 aliphatic rings. The Morgan fingerprint density at radius 1 is 1.18 bits per heavy atom. The Kier molecular flexibility index (Phi) is 6.38. The third-order valence-corrected chi connectivity index (χ3v) is 5.43. The lowest BCUT2D eigenvalue weighted by atomic mass is 10.1. The summed E-state index contributed by atoms with van der Waals surface area (Å²) in [5.41, 5.74) is 5.10. The smallest absolute Gasteiger partial charge is 0.338 e. The van der Waals surface area contributed by atoms with Crippen LogP contribution in [0.25, 0.3) is 11.1 Å². The molecule has 28 heavy (non-hydrogen) atoms. The van der Waals surface area contributed by atoms with Gasteiger partial charge in [-0.15, -0.1) is 0 Å². The minimum Gasteiger partial charge on any atom is -0.342 e. The molecular weight excluding hydrogens is 372 g/mol. The van der Waals surface area contributed by atoms with Crippen molar-refractivity contribution in [3.8, 4) is 11.1 Å². The highest BCUT2D eigenvalue weighted by Gasteiger charge is 2.36. The van der Waals surface area contributed by atoms with Crippen molar-refractivity contribution in [2.45, 2.75) is 19.3 Å². The summed E-state index contributed by atoms with van der Waals surface area (Å²) in [5, 5.41) is 1.64. The van der Waals surface area contributed by atoms with E-state index in [1.54, 1.807) is 5.41 Å². The number of hydrazine groups is 1. The van der Waals surface area contributed by atoms with E-state index in [4.69, 9.17) is 5.84 Å². The number of carbonyl (C=O) groups is 1. The largest absolute Gasteiger partial charge is 0.342 e. The zero-order chi connectivity index (χ0) is 20.1. The SMILES string of the molecule is CC(C)CN(c1ccc(-c2ccccc2)cc1)C1SC=C([C]=O)N1C(=O)NN. The molecule has 0 fully saturated rings. The van der Waals surface area contributed by atoms with Gasteiger partial charge in [-0.3, -0.25) is 15.1 Å². The van der Waals surface area contributed by atoms with Crippen LogP contribution in [-0.4, -0.2) is 29.3 Å². The quantitative estimate of drug-likeness (QED) is 0.443. The van der Waals surface area contributed by atoms with Crippen LogP contribution < -0.4 is 16.2 Å². The average molecular weight is 396 g/mol. The number of amides is 2. The molecule has 1 aliphatic heterocycles. The number of thioether (sulfide) groups is 1. The van der Waals surface area contributed by atoms with Gasteiger partial charge in [0.2, 0.25) is 0 Å². The van der Waals surface area contributed by atoms with Crippen molar-refractivity contribution < 1.29 is 9.59 Å². The standard InChI is InChI=1S/C21H23N4O2S/c1-15(2)12-24(21-25(20(27)23-22)19(13-26)14-28-21)18-10-8-17(9-11-18)16-6-4-3-5-7-16/h3-11,14-15,21H,12,22H2,1-2H3,(H,23,27). The third-order valence-electron chi connectivity index (χ3n) is 4.36. The van der Waals surface area contributed by atoms with Crippen LogP contribution in [0.4, 0.5) is 10.5 Å². The van der Waals surface area contributed by atoms with E-state index in [1.807, 2.05) is 36.6 Å². The van der Waals surface area contributed by atoms with Gasteiger partial charge in [0, 0.05) is 17.6 Å². The Bertz CT molecular complexity index is 852. The number of rotatable bonds is 6. The lowest BCUT2D eigenvalue weighted by molar-refractivity contribution is 0.209. The molecule has 1 radical (unpaired) electrons. The molecule has 6 nitrogen and oxygen atoms in total. The second kappa shape index (κ2) is 8.95. The molecule has 0 saturated carbocycles. The summed E-state index contributed by atoms with van der Waals surface area (Å²) < 4.78 is 0. The van der Waals surface area contributed by atoms with Crippen LogP contribution in [0.5, 0.6) is 0 Å². The summed E-state index contributed by atoms with van der Waals surface area (Å²) in [6.45, 7) is 4.92. The predicted octanol–water partition coefficient (Wildman–Crippen LogP) is 3.68. The Morgan fingerprint density at radius 2 is 1.82 bits per heavy atom. The highest BCUT2D eigenvalue weighted by Crippen LogP contribution is 2.36. The Balaban J connectivity index is 1.92. The molecule has 2 aromatic rings. The van der Waals surface area contributed by atoms with Gasteiger partial charge >= 0.3 is 6.03 Å². The van der Waals surface area contributed by atoms with Crippen LogP contribution in [0, 0.1) is 5.92 Å². The molecule has 0 bridgehead atoms. The molecule has 1 heterocycles. The maximum absolute atomic E-state index is 12.3. The first-order chi connectivity index (χ1) is 13.5. The molecule has 1 unspecified atom stereocenters. The first kappa shape index (κ1) is 20.0. The average Bonchev–Trinajstić information content (AvgIpc) is 3.16. The van der Waals surface area contributed by atoms with Crippen LogP contribution in [0.15, 0.2) is 65.7 Å². The number of allylic oxidation sites excluding steroid dienone is 1. The fraction of sp³-hybridized carbons (Fsp3) is 0.238. The number of urea groups is 1. The Labute approximate surface area is 169 Å². The first-order valence-corrected chi connectivity index (χ1v) is 9.95. The van der Waals surface area contributed by atoms with Gasteiger partial charge in [-0.05, 0) is 29.2 Å². The van der Waals surface area contributed by atoms with Crippen LogP contribution in [-0.2, 0) is 4.79 Å². The van der Waals surface area contributed by atoms with Crippen molar-refractivity contribution in [3.63, 3.8) is 0 Å². The van der Waals surface area contributed by atoms with Gasteiger partial charge in [0.25, 0.3) is 6.29 Å². The summed E-state index contributed by atoms with van der Waals surface area (Å²) in [6.07, 6.45) is 1.82. The number of hydrogen-bond acceptors (Lipinski definition) is 5. The zero-order valence-electron chi connectivity index (χ0n) is 15.8. The van der Waals surface area contributed by atoms with E-state index >= 15 is 0 Å². The lowest BCUT2D eigenvalue weighted by Gasteiger charge is -2.37. The zero-order valence-corrected chi connectivity index (χ0v) is 16.6. The first-order valence-electron chi connectivity index (χ1n) is 9.01. The van der Waals surface area contributed by atoms with Crippen LogP contribution in [0.1, 0.15) is 13.8 Å². The number of hydrogen-bond donors (Lipinski definition) is 2. The minimum atomic E-state index is -0.542. The van der Waals surface area contributed by atoms with Crippen molar-refractivity contribution in [2.75, 3.05) is 11.4 Å². The minimum absolute atomic E-state index is 0.174. The lowest BCUT2D eigenvalue weighted by Crippen LogP contribution is -2.52.